The van der Waals surface area contributed by atoms with Gasteiger partial charge in [0, 0.05) is 30.1 Å². The third kappa shape index (κ3) is 6.29. The van der Waals surface area contributed by atoms with E-state index in [1.54, 1.807) is 32.3 Å². The summed E-state index contributed by atoms with van der Waals surface area (Å²) in [5.41, 5.74) is 6.96. The number of hydrogen-bond donors (Lipinski definition) is 3. The summed E-state index contributed by atoms with van der Waals surface area (Å²) in [4.78, 5) is 37.6. The molecule has 1 aliphatic heterocycles. The van der Waals surface area contributed by atoms with Crippen molar-refractivity contribution in [1.82, 2.24) is 19.4 Å². The van der Waals surface area contributed by atoms with Gasteiger partial charge in [-0.15, -0.1) is 0 Å². The molecule has 228 valence electrons. The minimum absolute atomic E-state index is 0.0279. The Kier molecular flexibility index (Phi) is 8.97. The molecule has 1 aliphatic rings. The molecule has 3 heterocycles. The molecule has 2 aromatic carbocycles. The second-order valence-corrected chi connectivity index (χ2v) is 11.1. The van der Waals surface area contributed by atoms with Gasteiger partial charge in [0.1, 0.15) is 11.0 Å². The lowest BCUT2D eigenvalue weighted by molar-refractivity contribution is -0.120. The first-order valence-electron chi connectivity index (χ1n) is 13.4. The molecule has 44 heavy (non-hydrogen) atoms. The fourth-order valence-corrected chi connectivity index (χ4v) is 5.29. The number of carbonyl (C=O) groups excluding carboxylic acids is 1. The van der Waals surface area contributed by atoms with Crippen LogP contribution in [0, 0.1) is 11.6 Å². The lowest BCUT2D eigenvalue weighted by Gasteiger charge is -2.28. The van der Waals surface area contributed by atoms with Crippen molar-refractivity contribution >= 4 is 40.5 Å². The Morgan fingerprint density at radius 3 is 2.64 bits per heavy atom. The van der Waals surface area contributed by atoms with Crippen molar-refractivity contribution in [2.75, 3.05) is 23.9 Å². The zero-order chi connectivity index (χ0) is 31.7. The third-order valence-corrected chi connectivity index (χ3v) is 7.90. The topological polar surface area (TPSA) is 135 Å². The molecule has 14 heteroatoms. The molecule has 0 saturated carbocycles. The third-order valence-electron chi connectivity index (χ3n) is 7.51. The Bertz CT molecular complexity index is 1830. The van der Waals surface area contributed by atoms with Gasteiger partial charge in [0.05, 0.1) is 52.3 Å². The standard InChI is InChI=1S/C30H28Cl2F2N8O2/c1-16-30(44)39-21-5-3-18(33)12-19(21)17-7-9-37-22(11-17)24(8-10-40(16)2)41-15-38-23(13-27(41)43)28-25(42(36)14-26(32)35)6-4-20(31)29(28)34/h3-7,9,11-16,24H,8,10,35-36H2,1-2H3,(H,39,44)/b26-14-. The van der Waals surface area contributed by atoms with Gasteiger partial charge in [-0.1, -0.05) is 23.2 Å². The maximum atomic E-state index is 15.4. The summed E-state index contributed by atoms with van der Waals surface area (Å²) < 4.78 is 31.1. The number of nitrogens with one attached hydrogen (secondary N) is 1. The van der Waals surface area contributed by atoms with E-state index in [0.29, 0.717) is 35.5 Å². The molecule has 5 N–H and O–H groups in total. The Labute approximate surface area is 261 Å². The molecule has 0 aliphatic carbocycles. The molecule has 0 saturated heterocycles. The molecule has 4 aromatic rings. The summed E-state index contributed by atoms with van der Waals surface area (Å²) in [6.07, 6.45) is 4.37. The van der Waals surface area contributed by atoms with Gasteiger partial charge in [0.2, 0.25) is 5.91 Å². The molecule has 5 rings (SSSR count). The zero-order valence-corrected chi connectivity index (χ0v) is 25.2. The van der Waals surface area contributed by atoms with Crippen LogP contribution in [-0.2, 0) is 4.79 Å². The summed E-state index contributed by atoms with van der Waals surface area (Å²) in [7, 11) is 1.79. The average Bonchev–Trinajstić information content (AvgIpc) is 2.98. The van der Waals surface area contributed by atoms with Gasteiger partial charge < -0.3 is 11.1 Å². The summed E-state index contributed by atoms with van der Waals surface area (Å²) in [5.74, 6) is 4.45. The van der Waals surface area contributed by atoms with Gasteiger partial charge in [-0.3, -0.25) is 29.0 Å². The van der Waals surface area contributed by atoms with Crippen LogP contribution >= 0.6 is 23.2 Å². The maximum Gasteiger partial charge on any atom is 0.254 e. The van der Waals surface area contributed by atoms with E-state index < -0.39 is 29.3 Å². The van der Waals surface area contributed by atoms with Crippen molar-refractivity contribution < 1.29 is 13.6 Å². The first-order chi connectivity index (χ1) is 20.9. The summed E-state index contributed by atoms with van der Waals surface area (Å²) in [6, 6.07) is 10.3. The summed E-state index contributed by atoms with van der Waals surface area (Å²) in [5, 5.41) is 3.54. The van der Waals surface area contributed by atoms with Crippen molar-refractivity contribution in [2.24, 2.45) is 11.6 Å². The van der Waals surface area contributed by atoms with Crippen LogP contribution < -0.4 is 27.5 Å². The first kappa shape index (κ1) is 31.1. The molecule has 2 atom stereocenters. The van der Waals surface area contributed by atoms with Gasteiger partial charge >= 0.3 is 0 Å². The number of nitrogens with two attached hydrogens (primary N) is 2. The second-order valence-electron chi connectivity index (χ2n) is 10.3. The SMILES string of the molecule is CC1C(=O)Nc2ccc(F)cc2-c2ccnc(c2)C(n2cnc(-c3c(N(N)/C=C(\N)Cl)ccc(Cl)c3F)cc2=O)CCN1C. The Morgan fingerprint density at radius 2 is 1.91 bits per heavy atom. The molecular formula is C30H28Cl2F2N8O2. The lowest BCUT2D eigenvalue weighted by Crippen LogP contribution is -2.41. The fraction of sp³-hybridized carbons (Fsp3) is 0.200. The predicted molar refractivity (Wildman–Crippen MR) is 167 cm³/mol. The highest BCUT2D eigenvalue weighted by Gasteiger charge is 2.26. The van der Waals surface area contributed by atoms with E-state index in [0.717, 1.165) is 5.01 Å². The van der Waals surface area contributed by atoms with Crippen molar-refractivity contribution in [3.63, 3.8) is 0 Å². The summed E-state index contributed by atoms with van der Waals surface area (Å²) in [6.45, 7) is 2.15. The molecule has 0 spiro atoms. The average molecular weight is 642 g/mol. The highest BCUT2D eigenvalue weighted by atomic mass is 35.5. The number of nitrogens with zero attached hydrogens (tertiary/aromatic N) is 5. The number of aromatic nitrogens is 3. The molecule has 10 nitrogen and oxygen atoms in total. The van der Waals surface area contributed by atoms with Crippen molar-refractivity contribution in [1.29, 1.82) is 0 Å². The van der Waals surface area contributed by atoms with Crippen LogP contribution in [0.1, 0.15) is 25.1 Å². The maximum absolute atomic E-state index is 15.4. The van der Waals surface area contributed by atoms with Crippen LogP contribution in [0.2, 0.25) is 5.02 Å². The highest BCUT2D eigenvalue weighted by molar-refractivity contribution is 6.31. The zero-order valence-electron chi connectivity index (χ0n) is 23.6. The van der Waals surface area contributed by atoms with Crippen LogP contribution in [0.25, 0.3) is 22.4 Å². The number of fused-ring (bicyclic) bond motifs is 4. The molecule has 1 amide bonds. The number of likely N-dealkylation sites (N-methyl/N-ethyl adjacent to an activating group) is 1. The molecule has 2 bridgehead atoms. The molecule has 0 fully saturated rings. The second kappa shape index (κ2) is 12.7. The highest BCUT2D eigenvalue weighted by Crippen LogP contribution is 2.36. The van der Waals surface area contributed by atoms with E-state index in [4.69, 9.17) is 34.8 Å². The Morgan fingerprint density at radius 1 is 1.14 bits per heavy atom. The Hall–Kier alpha value is -4.36. The van der Waals surface area contributed by atoms with E-state index in [1.807, 2.05) is 4.90 Å². The first-order valence-corrected chi connectivity index (χ1v) is 14.2. The number of carbonyl (C=O) groups is 1. The van der Waals surface area contributed by atoms with E-state index in [1.165, 1.54) is 53.5 Å². The van der Waals surface area contributed by atoms with E-state index >= 15 is 4.39 Å². The number of rotatable bonds is 4. The van der Waals surface area contributed by atoms with Gasteiger partial charge in [-0.25, -0.2) is 19.6 Å². The van der Waals surface area contributed by atoms with Gasteiger partial charge in [-0.05, 0) is 68.4 Å². The minimum Gasteiger partial charge on any atom is -0.388 e. The summed E-state index contributed by atoms with van der Waals surface area (Å²) >= 11 is 11.8. The van der Waals surface area contributed by atoms with Crippen LogP contribution in [-0.4, -0.2) is 45.0 Å². The molecule has 0 radical (unpaired) electrons. The Balaban J connectivity index is 1.64. The fourth-order valence-electron chi connectivity index (χ4n) is 5.03. The van der Waals surface area contributed by atoms with Gasteiger partial charge in [-0.2, -0.15) is 0 Å². The molecule has 2 aromatic heterocycles. The van der Waals surface area contributed by atoms with Gasteiger partial charge in [0.15, 0.2) is 5.82 Å². The van der Waals surface area contributed by atoms with Crippen molar-refractivity contribution in [2.45, 2.75) is 25.4 Å². The number of anilines is 2. The van der Waals surface area contributed by atoms with E-state index in [9.17, 15) is 14.0 Å². The molecular weight excluding hydrogens is 613 g/mol. The molecule has 2 unspecified atom stereocenters. The van der Waals surface area contributed by atoms with Crippen LogP contribution in [0.5, 0.6) is 0 Å². The number of hydrogen-bond acceptors (Lipinski definition) is 8. The van der Waals surface area contributed by atoms with Gasteiger partial charge in [0.25, 0.3) is 5.56 Å². The smallest absolute Gasteiger partial charge is 0.254 e. The van der Waals surface area contributed by atoms with E-state index in [-0.39, 0.29) is 33.0 Å². The van der Waals surface area contributed by atoms with Crippen LogP contribution in [0.3, 0.4) is 0 Å². The number of hydrazine groups is 1. The van der Waals surface area contributed by atoms with Crippen LogP contribution in [0.4, 0.5) is 20.2 Å². The number of benzene rings is 2. The van der Waals surface area contributed by atoms with Crippen LogP contribution in [0.15, 0.2) is 77.2 Å². The number of amides is 1. The van der Waals surface area contributed by atoms with Crippen molar-refractivity contribution in [3.05, 3.63) is 105 Å². The van der Waals surface area contributed by atoms with Crippen molar-refractivity contribution in [3.8, 4) is 22.4 Å². The minimum atomic E-state index is -0.842. The monoisotopic (exact) mass is 640 g/mol. The normalized spacial score (nSPS) is 17.7. The largest absolute Gasteiger partial charge is 0.388 e. The lowest BCUT2D eigenvalue weighted by atomic mass is 9.99. The number of halogens is 4. The predicted octanol–water partition coefficient (Wildman–Crippen LogP) is 4.83. The quantitative estimate of drug-likeness (QED) is 0.164. The number of pyridine rings is 1. The van der Waals surface area contributed by atoms with E-state index in [2.05, 4.69) is 15.3 Å².